The van der Waals surface area contributed by atoms with Gasteiger partial charge in [0.05, 0.1) is 6.10 Å². The minimum Gasteiger partial charge on any atom is -0.615 e. The first-order valence-corrected chi connectivity index (χ1v) is 13.7. The minimum absolute atomic E-state index is 0.00949. The Kier molecular flexibility index (Phi) is 12.0. The number of phosphoric ester groups is 1. The second kappa shape index (κ2) is 11.9. The number of nitrogens with zero attached hydrogens (tertiary/aromatic N) is 1. The van der Waals surface area contributed by atoms with E-state index in [0.29, 0.717) is 0 Å². The van der Waals surface area contributed by atoms with E-state index in [1.807, 2.05) is 83.1 Å². The molecule has 0 amide bonds. The van der Waals surface area contributed by atoms with Crippen molar-refractivity contribution in [3.05, 3.63) is 0 Å². The Bertz CT molecular complexity index is 503. The van der Waals surface area contributed by atoms with Crippen LogP contribution in [0, 0.1) is 23.7 Å². The number of hydrogen-bond acceptors (Lipinski definition) is 6. The summed E-state index contributed by atoms with van der Waals surface area (Å²) < 4.78 is 31.4. The van der Waals surface area contributed by atoms with Crippen LogP contribution >= 0.6 is 15.9 Å². The molecule has 0 fully saturated rings. The highest BCUT2D eigenvalue weighted by atomic mass is 31.3. The number of phosphoric acid groups is 1. The molecule has 0 bridgehead atoms. The van der Waals surface area contributed by atoms with E-state index in [0.717, 1.165) is 0 Å². The largest absolute Gasteiger partial charge is 0.615 e. The third kappa shape index (κ3) is 9.21. The Morgan fingerprint density at radius 2 is 1.10 bits per heavy atom. The van der Waals surface area contributed by atoms with E-state index in [1.165, 1.54) is 4.67 Å². The van der Waals surface area contributed by atoms with E-state index in [-0.39, 0.29) is 35.8 Å². The lowest BCUT2D eigenvalue weighted by Crippen LogP contribution is -2.45. The predicted octanol–water partition coefficient (Wildman–Crippen LogP) is 5.65. The SMILES string of the molecule is CC(C)C(OP(=O)(O)O[P+]([O-])(OC(C(C)C)C(C)C)N(C(C)C)C(C)C)C(C)C. The molecule has 0 radical (unpaired) electrons. The highest BCUT2D eigenvalue weighted by molar-refractivity contribution is 7.66. The molecule has 0 heterocycles. The van der Waals surface area contributed by atoms with Gasteiger partial charge in [0.2, 0.25) is 0 Å². The average Bonchev–Trinajstić information content (AvgIpc) is 2.47. The van der Waals surface area contributed by atoms with Gasteiger partial charge in [-0.25, -0.2) is 4.57 Å². The molecular formula is C20H45NO6P2. The zero-order valence-corrected chi connectivity index (χ0v) is 22.2. The molecular weight excluding hydrogens is 412 g/mol. The number of hydrogen-bond donors (Lipinski definition) is 1. The van der Waals surface area contributed by atoms with Crippen LogP contribution in [0.15, 0.2) is 0 Å². The van der Waals surface area contributed by atoms with Gasteiger partial charge >= 0.3 is 15.9 Å². The molecule has 0 saturated carbocycles. The van der Waals surface area contributed by atoms with Crippen LogP contribution in [-0.2, 0) is 17.9 Å². The van der Waals surface area contributed by atoms with E-state index < -0.39 is 28.1 Å². The summed E-state index contributed by atoms with van der Waals surface area (Å²) in [6, 6.07) is -0.460. The molecule has 0 rings (SSSR count). The normalized spacial score (nSPS) is 17.8. The summed E-state index contributed by atoms with van der Waals surface area (Å²) in [6.45, 7) is 22.9. The second-order valence-electron chi connectivity index (χ2n) is 9.70. The van der Waals surface area contributed by atoms with E-state index >= 15 is 0 Å². The van der Waals surface area contributed by atoms with E-state index in [1.54, 1.807) is 0 Å². The maximum atomic E-state index is 14.0. The van der Waals surface area contributed by atoms with Gasteiger partial charge < -0.3 is 9.79 Å². The van der Waals surface area contributed by atoms with Gasteiger partial charge in [-0.1, -0.05) is 59.7 Å². The Labute approximate surface area is 179 Å². The van der Waals surface area contributed by atoms with Crippen LogP contribution in [0.25, 0.3) is 0 Å². The third-order valence-electron chi connectivity index (χ3n) is 4.69. The Morgan fingerprint density at radius 3 is 1.38 bits per heavy atom. The molecule has 0 aromatic carbocycles. The Balaban J connectivity index is 6.07. The lowest BCUT2D eigenvalue weighted by Gasteiger charge is -2.43. The van der Waals surface area contributed by atoms with Crippen molar-refractivity contribution in [2.45, 2.75) is 107 Å². The van der Waals surface area contributed by atoms with Crippen LogP contribution in [0.1, 0.15) is 83.1 Å². The van der Waals surface area contributed by atoms with Crippen molar-refractivity contribution >= 4 is 15.9 Å². The molecule has 0 aliphatic carbocycles. The molecule has 0 aliphatic heterocycles. The molecule has 0 spiro atoms. The average molecular weight is 458 g/mol. The molecule has 9 heteroatoms. The molecule has 2 atom stereocenters. The van der Waals surface area contributed by atoms with Gasteiger partial charge in [0.25, 0.3) is 0 Å². The van der Waals surface area contributed by atoms with Gasteiger partial charge in [0, 0.05) is 12.1 Å². The van der Waals surface area contributed by atoms with Gasteiger partial charge in [-0.2, -0.15) is 4.52 Å². The topological polar surface area (TPSA) is 91.3 Å². The molecule has 2 unspecified atom stereocenters. The zero-order valence-electron chi connectivity index (χ0n) is 20.4. The van der Waals surface area contributed by atoms with Gasteiger partial charge in [-0.15, -0.1) is 4.67 Å². The quantitative estimate of drug-likeness (QED) is 0.357. The van der Waals surface area contributed by atoms with Crippen molar-refractivity contribution in [3.8, 4) is 0 Å². The standard InChI is InChI=1S/C20H45NO6P2/c1-13(2)19(14(3)4)25-28(22,21(17(9)10)18(11)12)27-29(23,24)26-20(15(5)6)16(7)8/h13-20H,1-12H3,(H,23,24). The predicted molar refractivity (Wildman–Crippen MR) is 119 cm³/mol. The van der Waals surface area contributed by atoms with Crippen LogP contribution in [-0.4, -0.2) is 33.9 Å². The van der Waals surface area contributed by atoms with Crippen molar-refractivity contribution in [2.24, 2.45) is 23.7 Å². The van der Waals surface area contributed by atoms with Gasteiger partial charge in [-0.3, -0.25) is 4.52 Å². The fourth-order valence-electron chi connectivity index (χ4n) is 3.76. The molecule has 176 valence electrons. The lowest BCUT2D eigenvalue weighted by atomic mass is 9.97. The van der Waals surface area contributed by atoms with Gasteiger partial charge in [-0.05, 0) is 51.4 Å². The van der Waals surface area contributed by atoms with Crippen molar-refractivity contribution in [3.63, 3.8) is 0 Å². The van der Waals surface area contributed by atoms with Crippen molar-refractivity contribution in [2.75, 3.05) is 0 Å². The fourth-order valence-corrected chi connectivity index (χ4v) is 8.28. The summed E-state index contributed by atoms with van der Waals surface area (Å²) >= 11 is 0. The molecule has 29 heavy (non-hydrogen) atoms. The van der Waals surface area contributed by atoms with Crippen LogP contribution in [0.4, 0.5) is 0 Å². The smallest absolute Gasteiger partial charge is 0.510 e. The van der Waals surface area contributed by atoms with Crippen molar-refractivity contribution in [1.29, 1.82) is 0 Å². The van der Waals surface area contributed by atoms with Crippen LogP contribution in [0.3, 0.4) is 0 Å². The fraction of sp³-hybridized carbons (Fsp3) is 1.00. The van der Waals surface area contributed by atoms with E-state index in [2.05, 4.69) is 0 Å². The van der Waals surface area contributed by atoms with Crippen LogP contribution in [0.2, 0.25) is 0 Å². The third-order valence-corrected chi connectivity index (χ3v) is 8.85. The summed E-state index contributed by atoms with van der Waals surface area (Å²) in [5.74, 6) is 0.0758. The van der Waals surface area contributed by atoms with Gasteiger partial charge in [0.15, 0.2) is 0 Å². The molecule has 0 aromatic rings. The first kappa shape index (κ1) is 29.4. The van der Waals surface area contributed by atoms with Crippen LogP contribution < -0.4 is 4.89 Å². The molecule has 1 N–H and O–H groups in total. The lowest BCUT2D eigenvalue weighted by molar-refractivity contribution is -0.238. The Hall–Kier alpha value is 0.420. The molecule has 0 saturated heterocycles. The summed E-state index contributed by atoms with van der Waals surface area (Å²) in [6.07, 6.45) is -0.927. The summed E-state index contributed by atoms with van der Waals surface area (Å²) in [4.78, 5) is 24.6. The van der Waals surface area contributed by atoms with Gasteiger partial charge in [0.1, 0.15) is 6.10 Å². The van der Waals surface area contributed by atoms with E-state index in [4.69, 9.17) is 13.4 Å². The highest BCUT2D eigenvalue weighted by Gasteiger charge is 2.52. The maximum Gasteiger partial charge on any atom is 0.510 e. The van der Waals surface area contributed by atoms with E-state index in [9.17, 15) is 14.4 Å². The van der Waals surface area contributed by atoms with Crippen LogP contribution in [0.5, 0.6) is 0 Å². The minimum atomic E-state index is -4.66. The highest BCUT2D eigenvalue weighted by Crippen LogP contribution is 2.70. The monoisotopic (exact) mass is 457 g/mol. The first-order chi connectivity index (χ1) is 12.9. The number of rotatable bonds is 13. The second-order valence-corrected chi connectivity index (χ2v) is 13.1. The summed E-state index contributed by atoms with van der Waals surface area (Å²) in [7, 11) is -8.81. The summed E-state index contributed by atoms with van der Waals surface area (Å²) in [5.41, 5.74) is 0. The van der Waals surface area contributed by atoms with Crippen molar-refractivity contribution in [1.82, 2.24) is 4.67 Å². The molecule has 0 aromatic heterocycles. The Morgan fingerprint density at radius 1 is 0.759 bits per heavy atom. The zero-order chi connectivity index (χ0) is 23.3. The van der Waals surface area contributed by atoms with Crippen molar-refractivity contribution < 1.29 is 27.7 Å². The molecule has 0 aliphatic rings. The maximum absolute atomic E-state index is 14.0. The molecule has 7 nitrogen and oxygen atoms in total. The summed E-state index contributed by atoms with van der Waals surface area (Å²) in [5, 5.41) is 0. The first-order valence-electron chi connectivity index (χ1n) is 10.7.